The number of fused-ring (bicyclic) bond motifs is 2. The lowest BCUT2D eigenvalue weighted by atomic mass is 9.92. The van der Waals surface area contributed by atoms with Crippen LogP contribution in [0.15, 0.2) is 24.3 Å². The first kappa shape index (κ1) is 29.6. The third kappa shape index (κ3) is 7.61. The summed E-state index contributed by atoms with van der Waals surface area (Å²) in [4.78, 5) is 24.6. The molecule has 0 spiro atoms. The maximum Gasteiger partial charge on any atom is 0.220 e. The smallest absolute Gasteiger partial charge is 0.220 e. The summed E-state index contributed by atoms with van der Waals surface area (Å²) in [5.74, 6) is 1.83. The first-order valence-electron chi connectivity index (χ1n) is 14.5. The molecular weight excluding hydrogens is 508 g/mol. The fraction of sp³-hybridized carbons (Fsp3) is 0.562. The molecule has 2 aromatic rings. The van der Waals surface area contributed by atoms with Crippen LogP contribution >= 0.6 is 0 Å². The Labute approximate surface area is 237 Å². The number of aryl methyl sites for hydroxylation is 2. The minimum atomic E-state index is -0.233. The van der Waals surface area contributed by atoms with Gasteiger partial charge in [-0.3, -0.25) is 9.59 Å². The average Bonchev–Trinajstić information content (AvgIpc) is 2.88. The van der Waals surface area contributed by atoms with E-state index >= 15 is 0 Å². The first-order chi connectivity index (χ1) is 18.9. The molecule has 40 heavy (non-hydrogen) atoms. The van der Waals surface area contributed by atoms with E-state index in [-0.39, 0.29) is 34.5 Å². The van der Waals surface area contributed by atoms with Gasteiger partial charge in [-0.2, -0.15) is 0 Å². The van der Waals surface area contributed by atoms with Gasteiger partial charge >= 0.3 is 0 Å². The van der Waals surface area contributed by atoms with Crippen LogP contribution in [-0.4, -0.2) is 46.3 Å². The molecule has 2 aliphatic rings. The Balaban J connectivity index is 1.09. The second kappa shape index (κ2) is 12.4. The summed E-state index contributed by atoms with van der Waals surface area (Å²) in [5, 5.41) is 27.1. The fourth-order valence-corrected chi connectivity index (χ4v) is 5.34. The normalized spacial score (nSPS) is 16.6. The van der Waals surface area contributed by atoms with E-state index in [4.69, 9.17) is 9.47 Å². The lowest BCUT2D eigenvalue weighted by Gasteiger charge is -2.33. The summed E-state index contributed by atoms with van der Waals surface area (Å²) in [7, 11) is 0. The van der Waals surface area contributed by atoms with Crippen LogP contribution in [0.25, 0.3) is 0 Å². The van der Waals surface area contributed by atoms with Gasteiger partial charge in [-0.1, -0.05) is 12.1 Å². The van der Waals surface area contributed by atoms with Gasteiger partial charge in [0.1, 0.15) is 34.2 Å². The van der Waals surface area contributed by atoms with Gasteiger partial charge in [-0.05, 0) is 102 Å². The zero-order valence-electron chi connectivity index (χ0n) is 24.3. The van der Waals surface area contributed by atoms with Crippen LogP contribution in [0.3, 0.4) is 0 Å². The van der Waals surface area contributed by atoms with Crippen LogP contribution < -0.4 is 20.1 Å². The standard InChI is InChI=1S/C32H44N2O6/c1-31(2)17-15-23-25(39-31)11-7-21(29(23)37)9-13-27(35)33-19-5-6-20-34-28(36)14-10-22-8-12-26-24(30(22)38)16-18-32(3,4)40-26/h7-8,11-12,37-38H,5-6,9-10,13-20H2,1-4H3,(H,33,35)(H,34,36). The topological polar surface area (TPSA) is 117 Å². The molecule has 2 aromatic carbocycles. The number of hydrogen-bond donors (Lipinski definition) is 4. The number of phenolic OH excluding ortho intramolecular Hbond substituents is 2. The number of nitrogens with one attached hydrogen (secondary N) is 2. The van der Waals surface area contributed by atoms with E-state index in [0.717, 1.165) is 72.3 Å². The number of carbonyl (C=O) groups is 2. The van der Waals surface area contributed by atoms with Crippen LogP contribution in [0, 0.1) is 0 Å². The highest BCUT2D eigenvalue weighted by atomic mass is 16.5. The number of unbranched alkanes of at least 4 members (excludes halogenated alkanes) is 1. The quantitative estimate of drug-likeness (QED) is 0.295. The lowest BCUT2D eigenvalue weighted by molar-refractivity contribution is -0.122. The van der Waals surface area contributed by atoms with E-state index in [2.05, 4.69) is 10.6 Å². The number of hydrogen-bond acceptors (Lipinski definition) is 6. The van der Waals surface area contributed by atoms with Crippen molar-refractivity contribution in [3.05, 3.63) is 46.5 Å². The highest BCUT2D eigenvalue weighted by molar-refractivity contribution is 5.76. The van der Waals surface area contributed by atoms with Crippen molar-refractivity contribution in [2.75, 3.05) is 13.1 Å². The van der Waals surface area contributed by atoms with Crippen LogP contribution in [0.2, 0.25) is 0 Å². The van der Waals surface area contributed by atoms with Crippen LogP contribution in [-0.2, 0) is 35.3 Å². The zero-order chi connectivity index (χ0) is 28.9. The Kier molecular flexibility index (Phi) is 9.16. The Hall–Kier alpha value is -3.42. The second-order valence-corrected chi connectivity index (χ2v) is 12.2. The number of aromatic hydroxyl groups is 2. The number of carbonyl (C=O) groups excluding carboxylic acids is 2. The maximum atomic E-state index is 12.3. The molecule has 0 bridgehead atoms. The lowest BCUT2D eigenvalue weighted by Crippen LogP contribution is -2.32. The molecule has 0 aromatic heterocycles. The molecule has 2 aliphatic heterocycles. The molecule has 8 nitrogen and oxygen atoms in total. The summed E-state index contributed by atoms with van der Waals surface area (Å²) < 4.78 is 11.9. The fourth-order valence-electron chi connectivity index (χ4n) is 5.34. The predicted octanol–water partition coefficient (Wildman–Crippen LogP) is 4.88. The molecule has 0 aliphatic carbocycles. The van der Waals surface area contributed by atoms with Gasteiger partial charge in [0.15, 0.2) is 0 Å². The number of phenols is 2. The van der Waals surface area contributed by atoms with Crippen LogP contribution in [0.1, 0.15) is 88.5 Å². The van der Waals surface area contributed by atoms with Crippen molar-refractivity contribution in [1.82, 2.24) is 10.6 Å². The summed E-state index contributed by atoms with van der Waals surface area (Å²) >= 11 is 0. The minimum Gasteiger partial charge on any atom is -0.507 e. The number of benzene rings is 2. The molecule has 0 radical (unpaired) electrons. The van der Waals surface area contributed by atoms with Crippen molar-refractivity contribution < 1.29 is 29.3 Å². The Morgan fingerprint density at radius 2 is 1.12 bits per heavy atom. The maximum absolute atomic E-state index is 12.3. The van der Waals surface area contributed by atoms with Crippen molar-refractivity contribution in [3.8, 4) is 23.0 Å². The summed E-state index contributed by atoms with van der Waals surface area (Å²) in [6, 6.07) is 7.46. The summed E-state index contributed by atoms with van der Waals surface area (Å²) in [6.07, 6.45) is 6.24. The number of amides is 2. The van der Waals surface area contributed by atoms with Crippen molar-refractivity contribution in [2.45, 2.75) is 103 Å². The van der Waals surface area contributed by atoms with E-state index < -0.39 is 0 Å². The van der Waals surface area contributed by atoms with Gasteiger partial charge in [-0.25, -0.2) is 0 Å². The largest absolute Gasteiger partial charge is 0.507 e. The summed E-state index contributed by atoms with van der Waals surface area (Å²) in [5.41, 5.74) is 2.73. The van der Waals surface area contributed by atoms with Crippen LogP contribution in [0.4, 0.5) is 0 Å². The van der Waals surface area contributed by atoms with E-state index in [1.807, 2.05) is 52.0 Å². The van der Waals surface area contributed by atoms with Crippen molar-refractivity contribution >= 4 is 11.8 Å². The van der Waals surface area contributed by atoms with Gasteiger partial charge in [0.25, 0.3) is 0 Å². The highest BCUT2D eigenvalue weighted by Gasteiger charge is 2.30. The molecule has 0 unspecified atom stereocenters. The summed E-state index contributed by atoms with van der Waals surface area (Å²) in [6.45, 7) is 9.24. The number of rotatable bonds is 11. The first-order valence-corrected chi connectivity index (χ1v) is 14.5. The Morgan fingerprint density at radius 3 is 1.52 bits per heavy atom. The monoisotopic (exact) mass is 552 g/mol. The average molecular weight is 553 g/mol. The third-order valence-electron chi connectivity index (χ3n) is 7.86. The molecule has 0 atom stereocenters. The van der Waals surface area contributed by atoms with Crippen molar-refractivity contribution in [3.63, 3.8) is 0 Å². The molecular formula is C32H44N2O6. The third-order valence-corrected chi connectivity index (χ3v) is 7.86. The van der Waals surface area contributed by atoms with Gasteiger partial charge in [-0.15, -0.1) is 0 Å². The molecule has 218 valence electrons. The van der Waals surface area contributed by atoms with E-state index in [1.165, 1.54) is 0 Å². The number of ether oxygens (including phenoxy) is 2. The molecule has 0 saturated carbocycles. The van der Waals surface area contributed by atoms with E-state index in [1.54, 1.807) is 0 Å². The van der Waals surface area contributed by atoms with Gasteiger partial charge < -0.3 is 30.3 Å². The van der Waals surface area contributed by atoms with Gasteiger partial charge in [0, 0.05) is 37.1 Å². The predicted molar refractivity (Wildman–Crippen MR) is 154 cm³/mol. The highest BCUT2D eigenvalue weighted by Crippen LogP contribution is 2.41. The van der Waals surface area contributed by atoms with Gasteiger partial charge in [0.05, 0.1) is 0 Å². The Morgan fingerprint density at radius 1 is 0.725 bits per heavy atom. The zero-order valence-corrected chi connectivity index (χ0v) is 24.3. The minimum absolute atomic E-state index is 0.0580. The molecule has 4 N–H and O–H groups in total. The molecule has 4 rings (SSSR count). The van der Waals surface area contributed by atoms with Crippen molar-refractivity contribution in [2.24, 2.45) is 0 Å². The SMILES string of the molecule is CC1(C)CCc2c(ccc(CCC(=O)NCCCCNC(=O)CCc3ccc4c(c3O)CCC(C)(C)O4)c2O)O1. The molecule has 2 heterocycles. The molecule has 0 fully saturated rings. The molecule has 8 heteroatoms. The second-order valence-electron chi connectivity index (χ2n) is 12.2. The van der Waals surface area contributed by atoms with Crippen LogP contribution in [0.5, 0.6) is 23.0 Å². The van der Waals surface area contributed by atoms with Crippen molar-refractivity contribution in [1.29, 1.82) is 0 Å². The van der Waals surface area contributed by atoms with Gasteiger partial charge in [0.2, 0.25) is 11.8 Å². The Bertz CT molecular complexity index is 1140. The van der Waals surface area contributed by atoms with E-state index in [9.17, 15) is 19.8 Å². The molecule has 2 amide bonds. The van der Waals surface area contributed by atoms with E-state index in [0.29, 0.717) is 38.8 Å². The molecule has 0 saturated heterocycles.